The predicted octanol–water partition coefficient (Wildman–Crippen LogP) is 5.35. The molecule has 2 heterocycles. The summed E-state index contributed by atoms with van der Waals surface area (Å²) in [5.74, 6) is 1.91. The van der Waals surface area contributed by atoms with Crippen LogP contribution in [0.5, 0.6) is 11.6 Å². The van der Waals surface area contributed by atoms with E-state index in [1.54, 1.807) is 20.4 Å². The van der Waals surface area contributed by atoms with Gasteiger partial charge in [-0.1, -0.05) is 13.8 Å². The fourth-order valence-electron chi connectivity index (χ4n) is 4.17. The number of pyridine rings is 1. The molecule has 0 saturated carbocycles. The summed E-state index contributed by atoms with van der Waals surface area (Å²) in [5.41, 5.74) is 4.55. The Morgan fingerprint density at radius 2 is 2.04 bits per heavy atom. The van der Waals surface area contributed by atoms with Gasteiger partial charge in [0.25, 0.3) is 0 Å². The molecule has 0 amide bonds. The second-order valence-electron chi connectivity index (χ2n) is 8.04. The van der Waals surface area contributed by atoms with Gasteiger partial charge in [0.1, 0.15) is 5.75 Å². The first-order valence-electron chi connectivity index (χ1n) is 9.93. The summed E-state index contributed by atoms with van der Waals surface area (Å²) in [6.45, 7) is 10.3. The van der Waals surface area contributed by atoms with Gasteiger partial charge >= 0.3 is 0 Å². The average molecular weight is 382 g/mol. The number of ether oxygens (including phenoxy) is 2. The molecule has 3 rings (SSSR count). The molecule has 0 aliphatic carbocycles. The second-order valence-corrected chi connectivity index (χ2v) is 8.04. The van der Waals surface area contributed by atoms with E-state index in [0.29, 0.717) is 11.8 Å². The predicted molar refractivity (Wildman–Crippen MR) is 116 cm³/mol. The van der Waals surface area contributed by atoms with Crippen LogP contribution in [0.25, 0.3) is 0 Å². The van der Waals surface area contributed by atoms with Crippen molar-refractivity contribution < 1.29 is 9.47 Å². The van der Waals surface area contributed by atoms with Gasteiger partial charge in [-0.3, -0.25) is 4.99 Å². The van der Waals surface area contributed by atoms with Crippen molar-refractivity contribution in [3.8, 4) is 11.6 Å². The molecule has 28 heavy (non-hydrogen) atoms. The molecule has 0 bridgehead atoms. The molecule has 1 aromatic heterocycles. The third-order valence-electron chi connectivity index (χ3n) is 5.47. The molecule has 5 heteroatoms. The van der Waals surface area contributed by atoms with Gasteiger partial charge < -0.3 is 14.4 Å². The third kappa shape index (κ3) is 3.98. The van der Waals surface area contributed by atoms with Crippen molar-refractivity contribution in [1.82, 2.24) is 4.98 Å². The molecule has 0 N–H and O–H groups in total. The van der Waals surface area contributed by atoms with E-state index in [1.807, 2.05) is 18.3 Å². The molecule has 0 radical (unpaired) electrons. The first-order valence-corrected chi connectivity index (χ1v) is 9.93. The number of benzene rings is 1. The molecule has 0 fully saturated rings. The van der Waals surface area contributed by atoms with Gasteiger partial charge in [-0.15, -0.1) is 0 Å². The average Bonchev–Trinajstić information content (AvgIpc) is 2.69. The summed E-state index contributed by atoms with van der Waals surface area (Å²) in [6.07, 6.45) is 5.81. The molecular weight excluding hydrogens is 350 g/mol. The molecule has 1 aliphatic heterocycles. The Balaban J connectivity index is 1.99. The van der Waals surface area contributed by atoms with Crippen LogP contribution in [0.3, 0.4) is 0 Å². The number of fused-ring (bicyclic) bond motifs is 1. The van der Waals surface area contributed by atoms with Crippen molar-refractivity contribution in [2.45, 2.75) is 52.0 Å². The Kier molecular flexibility index (Phi) is 5.92. The quantitative estimate of drug-likeness (QED) is 0.633. The SMILES string of the molecule is CCCN1c2cc(OC)c(C=Nc3ccc(OC)nc3)cc2C(C)CC1(C)C. The highest BCUT2D eigenvalue weighted by atomic mass is 16.5. The van der Waals surface area contributed by atoms with Crippen molar-refractivity contribution >= 4 is 17.6 Å². The first-order chi connectivity index (χ1) is 13.4. The van der Waals surface area contributed by atoms with E-state index in [-0.39, 0.29) is 5.54 Å². The smallest absolute Gasteiger partial charge is 0.213 e. The number of methoxy groups -OCH3 is 2. The van der Waals surface area contributed by atoms with Gasteiger partial charge in [0, 0.05) is 41.7 Å². The van der Waals surface area contributed by atoms with Crippen LogP contribution in [-0.4, -0.2) is 37.5 Å². The molecule has 1 aliphatic rings. The zero-order valence-electron chi connectivity index (χ0n) is 17.8. The second kappa shape index (κ2) is 8.21. The maximum atomic E-state index is 5.71. The monoisotopic (exact) mass is 381 g/mol. The first kappa shape index (κ1) is 20.2. The van der Waals surface area contributed by atoms with Gasteiger partial charge in [0.2, 0.25) is 5.88 Å². The van der Waals surface area contributed by atoms with Crippen LogP contribution in [0.2, 0.25) is 0 Å². The molecule has 5 nitrogen and oxygen atoms in total. The Morgan fingerprint density at radius 3 is 2.64 bits per heavy atom. The van der Waals surface area contributed by atoms with Crippen LogP contribution >= 0.6 is 0 Å². The Hall–Kier alpha value is -2.56. The van der Waals surface area contributed by atoms with Crippen LogP contribution in [0, 0.1) is 0 Å². The highest BCUT2D eigenvalue weighted by molar-refractivity contribution is 5.87. The molecule has 1 atom stereocenters. The van der Waals surface area contributed by atoms with Crippen molar-refractivity contribution in [2.75, 3.05) is 25.7 Å². The molecular formula is C23H31N3O2. The van der Waals surface area contributed by atoms with Crippen molar-refractivity contribution in [1.29, 1.82) is 0 Å². The molecule has 150 valence electrons. The number of nitrogens with zero attached hydrogens (tertiary/aromatic N) is 3. The number of aliphatic imine (C=N–C) groups is 1. The molecule has 1 unspecified atom stereocenters. The highest BCUT2D eigenvalue weighted by Gasteiger charge is 2.36. The fraction of sp³-hybridized carbons (Fsp3) is 0.478. The third-order valence-corrected chi connectivity index (χ3v) is 5.47. The number of aromatic nitrogens is 1. The van der Waals surface area contributed by atoms with Gasteiger partial charge in [-0.2, -0.15) is 0 Å². The fourth-order valence-corrected chi connectivity index (χ4v) is 4.17. The largest absolute Gasteiger partial charge is 0.496 e. The van der Waals surface area contributed by atoms with Crippen molar-refractivity contribution in [2.24, 2.45) is 4.99 Å². The van der Waals surface area contributed by atoms with Crippen molar-refractivity contribution in [3.05, 3.63) is 41.6 Å². The Bertz CT molecular complexity index is 844. The summed E-state index contributed by atoms with van der Waals surface area (Å²) in [5, 5.41) is 0. The standard InChI is InChI=1S/C23H31N3O2/c1-7-10-26-20-12-21(27-5)17(11-19(20)16(2)13-23(26,3)4)14-24-18-8-9-22(28-6)25-15-18/h8-9,11-12,14-16H,7,10,13H2,1-6H3. The minimum atomic E-state index is 0.137. The lowest BCUT2D eigenvalue weighted by Crippen LogP contribution is -2.48. The number of hydrogen-bond donors (Lipinski definition) is 0. The lowest BCUT2D eigenvalue weighted by atomic mass is 9.79. The topological polar surface area (TPSA) is 47.0 Å². The van der Waals surface area contributed by atoms with Crippen LogP contribution in [-0.2, 0) is 0 Å². The van der Waals surface area contributed by atoms with Gasteiger partial charge in [0.15, 0.2) is 0 Å². The Morgan fingerprint density at radius 1 is 1.25 bits per heavy atom. The molecule has 0 saturated heterocycles. The van der Waals surface area contributed by atoms with E-state index >= 15 is 0 Å². The van der Waals surface area contributed by atoms with E-state index in [9.17, 15) is 0 Å². The van der Waals surface area contributed by atoms with Crippen LogP contribution in [0.15, 0.2) is 35.5 Å². The van der Waals surface area contributed by atoms with Crippen molar-refractivity contribution in [3.63, 3.8) is 0 Å². The summed E-state index contributed by atoms with van der Waals surface area (Å²) in [7, 11) is 3.32. The minimum Gasteiger partial charge on any atom is -0.496 e. The molecule has 1 aromatic carbocycles. The van der Waals surface area contributed by atoms with Crippen LogP contribution in [0.4, 0.5) is 11.4 Å². The van der Waals surface area contributed by atoms with Crippen LogP contribution in [0.1, 0.15) is 57.6 Å². The summed E-state index contributed by atoms with van der Waals surface area (Å²) in [6, 6.07) is 8.11. The number of anilines is 1. The van der Waals surface area contributed by atoms with E-state index in [0.717, 1.165) is 36.4 Å². The van der Waals surface area contributed by atoms with Gasteiger partial charge in [-0.25, -0.2) is 4.98 Å². The van der Waals surface area contributed by atoms with Gasteiger partial charge in [0.05, 0.1) is 26.1 Å². The van der Waals surface area contributed by atoms with E-state index in [2.05, 4.69) is 54.7 Å². The molecule has 0 spiro atoms. The summed E-state index contributed by atoms with van der Waals surface area (Å²) >= 11 is 0. The molecule has 2 aromatic rings. The Labute approximate surface area is 168 Å². The van der Waals surface area contributed by atoms with E-state index in [4.69, 9.17) is 9.47 Å². The maximum absolute atomic E-state index is 5.71. The lowest BCUT2D eigenvalue weighted by Gasteiger charge is -2.47. The lowest BCUT2D eigenvalue weighted by molar-refractivity contribution is 0.372. The van der Waals surface area contributed by atoms with Gasteiger partial charge in [-0.05, 0) is 50.3 Å². The summed E-state index contributed by atoms with van der Waals surface area (Å²) in [4.78, 5) is 11.3. The normalized spacial score (nSPS) is 18.2. The van der Waals surface area contributed by atoms with E-state index in [1.165, 1.54) is 11.3 Å². The number of hydrogen-bond acceptors (Lipinski definition) is 5. The van der Waals surface area contributed by atoms with Crippen LogP contribution < -0.4 is 14.4 Å². The highest BCUT2D eigenvalue weighted by Crippen LogP contribution is 2.45. The maximum Gasteiger partial charge on any atom is 0.213 e. The number of rotatable bonds is 6. The minimum absolute atomic E-state index is 0.137. The zero-order chi connectivity index (χ0) is 20.3. The summed E-state index contributed by atoms with van der Waals surface area (Å²) < 4.78 is 10.8. The van der Waals surface area contributed by atoms with E-state index < -0.39 is 0 Å². The zero-order valence-corrected chi connectivity index (χ0v) is 17.8.